The number of nitrogens with zero attached hydrogens (tertiary/aromatic N) is 5. The number of anilines is 1. The third kappa shape index (κ3) is 2.34. The van der Waals surface area contributed by atoms with Crippen LogP contribution in [0.25, 0.3) is 0 Å². The zero-order chi connectivity index (χ0) is 14.1. The van der Waals surface area contributed by atoms with Gasteiger partial charge in [0, 0.05) is 31.0 Å². The third-order valence-electron chi connectivity index (χ3n) is 3.54. The molecule has 1 unspecified atom stereocenters. The summed E-state index contributed by atoms with van der Waals surface area (Å²) < 4.78 is 1.81. The largest absolute Gasteiger partial charge is 0.366 e. The fraction of sp³-hybridized carbons (Fsp3) is 0.385. The minimum atomic E-state index is -0.447. The summed E-state index contributed by atoms with van der Waals surface area (Å²) in [5, 5.41) is 4.22. The second-order valence-corrected chi connectivity index (χ2v) is 4.98. The number of hydrogen-bond donors (Lipinski definition) is 1. The van der Waals surface area contributed by atoms with E-state index in [0.29, 0.717) is 5.56 Å². The topological polar surface area (TPSA) is 89.9 Å². The quantitative estimate of drug-likeness (QED) is 0.880. The van der Waals surface area contributed by atoms with E-state index < -0.39 is 5.91 Å². The molecular weight excluding hydrogens is 256 g/mol. The van der Waals surface area contributed by atoms with Crippen LogP contribution < -0.4 is 10.6 Å². The second-order valence-electron chi connectivity index (χ2n) is 4.98. The molecule has 1 atom stereocenters. The maximum Gasteiger partial charge on any atom is 0.251 e. The van der Waals surface area contributed by atoms with Gasteiger partial charge < -0.3 is 10.6 Å². The molecule has 3 rings (SSSR count). The first-order valence-corrected chi connectivity index (χ1v) is 6.51. The molecule has 0 radical (unpaired) electrons. The zero-order valence-corrected chi connectivity index (χ0v) is 11.2. The van der Waals surface area contributed by atoms with Gasteiger partial charge in [-0.15, -0.1) is 0 Å². The molecule has 2 aromatic rings. The lowest BCUT2D eigenvalue weighted by Crippen LogP contribution is -2.22. The fourth-order valence-electron chi connectivity index (χ4n) is 2.44. The van der Waals surface area contributed by atoms with Crippen molar-refractivity contribution in [3.05, 3.63) is 36.0 Å². The van der Waals surface area contributed by atoms with Crippen molar-refractivity contribution in [2.45, 2.75) is 19.4 Å². The van der Waals surface area contributed by atoms with E-state index >= 15 is 0 Å². The maximum atomic E-state index is 11.1. The Kier molecular flexibility index (Phi) is 3.09. The summed E-state index contributed by atoms with van der Waals surface area (Å²) in [5.74, 6) is 0.486. The van der Waals surface area contributed by atoms with Gasteiger partial charge in [-0.1, -0.05) is 0 Å². The van der Waals surface area contributed by atoms with Crippen LogP contribution >= 0.6 is 0 Å². The van der Waals surface area contributed by atoms with Gasteiger partial charge in [0.2, 0.25) is 0 Å². The first kappa shape index (κ1) is 12.6. The summed E-state index contributed by atoms with van der Waals surface area (Å²) in [5.41, 5.74) is 6.64. The second kappa shape index (κ2) is 4.92. The van der Waals surface area contributed by atoms with E-state index in [1.165, 1.54) is 6.20 Å². The van der Waals surface area contributed by atoms with Crippen LogP contribution in [0.1, 0.15) is 28.5 Å². The van der Waals surface area contributed by atoms with Gasteiger partial charge in [0.25, 0.3) is 5.91 Å². The van der Waals surface area contributed by atoms with Crippen LogP contribution in [0.4, 0.5) is 5.82 Å². The molecule has 0 spiro atoms. The van der Waals surface area contributed by atoms with Crippen molar-refractivity contribution in [1.82, 2.24) is 19.7 Å². The molecule has 7 nitrogen and oxygen atoms in total. The molecule has 1 saturated heterocycles. The fourth-order valence-corrected chi connectivity index (χ4v) is 2.44. The van der Waals surface area contributed by atoms with Crippen molar-refractivity contribution >= 4 is 11.7 Å². The number of carbonyl (C=O) groups is 1. The van der Waals surface area contributed by atoms with Gasteiger partial charge in [-0.25, -0.2) is 9.97 Å². The van der Waals surface area contributed by atoms with Gasteiger partial charge >= 0.3 is 0 Å². The molecule has 2 aromatic heterocycles. The lowest BCUT2D eigenvalue weighted by molar-refractivity contribution is 0.1000. The highest BCUT2D eigenvalue weighted by molar-refractivity contribution is 5.92. The Morgan fingerprint density at radius 1 is 1.45 bits per heavy atom. The molecule has 3 heterocycles. The van der Waals surface area contributed by atoms with Crippen molar-refractivity contribution in [3.63, 3.8) is 0 Å². The van der Waals surface area contributed by atoms with Crippen LogP contribution in [0.3, 0.4) is 0 Å². The number of hydrogen-bond acceptors (Lipinski definition) is 5. The number of aromatic nitrogens is 4. The molecular formula is C13H16N6O. The maximum absolute atomic E-state index is 11.1. The number of nitrogens with two attached hydrogens (primary N) is 1. The molecule has 0 saturated carbocycles. The minimum Gasteiger partial charge on any atom is -0.366 e. The predicted molar refractivity (Wildman–Crippen MR) is 73.4 cm³/mol. The number of rotatable bonds is 3. The number of primary amides is 1. The highest BCUT2D eigenvalue weighted by atomic mass is 16.1. The van der Waals surface area contributed by atoms with Gasteiger partial charge in [0.1, 0.15) is 12.1 Å². The molecule has 0 bridgehead atoms. The zero-order valence-electron chi connectivity index (χ0n) is 11.2. The van der Waals surface area contributed by atoms with E-state index in [0.717, 1.165) is 31.0 Å². The van der Waals surface area contributed by atoms with Gasteiger partial charge in [0.05, 0.1) is 17.8 Å². The Morgan fingerprint density at radius 3 is 3.00 bits per heavy atom. The van der Waals surface area contributed by atoms with Crippen LogP contribution in [0.2, 0.25) is 0 Å². The van der Waals surface area contributed by atoms with Crippen LogP contribution in [-0.4, -0.2) is 38.7 Å². The van der Waals surface area contributed by atoms with Gasteiger partial charge in [-0.3, -0.25) is 9.48 Å². The van der Waals surface area contributed by atoms with Crippen molar-refractivity contribution in [2.75, 3.05) is 18.0 Å². The Labute approximate surface area is 116 Å². The predicted octanol–water partition coefficient (Wildman–Crippen LogP) is 0.532. The molecule has 7 heteroatoms. The summed E-state index contributed by atoms with van der Waals surface area (Å²) in [6, 6.07) is 2.21. The molecule has 1 aliphatic heterocycles. The van der Waals surface area contributed by atoms with E-state index in [1.807, 2.05) is 17.7 Å². The van der Waals surface area contributed by atoms with Gasteiger partial charge in [-0.2, -0.15) is 5.10 Å². The van der Waals surface area contributed by atoms with Crippen molar-refractivity contribution in [1.29, 1.82) is 0 Å². The lowest BCUT2D eigenvalue weighted by atomic mass is 10.3. The van der Waals surface area contributed by atoms with E-state index in [1.54, 1.807) is 12.5 Å². The molecule has 1 fully saturated rings. The summed E-state index contributed by atoms with van der Waals surface area (Å²) in [4.78, 5) is 21.7. The van der Waals surface area contributed by atoms with Crippen LogP contribution in [0.5, 0.6) is 0 Å². The van der Waals surface area contributed by atoms with Crippen LogP contribution in [0.15, 0.2) is 24.8 Å². The van der Waals surface area contributed by atoms with Crippen LogP contribution in [-0.2, 0) is 0 Å². The number of amides is 1. The number of carbonyl (C=O) groups excluding carboxylic acids is 1. The summed E-state index contributed by atoms with van der Waals surface area (Å²) in [6.45, 7) is 3.68. The Bertz CT molecular complexity index is 637. The molecule has 0 aromatic carbocycles. The molecule has 2 N–H and O–H groups in total. The first-order chi connectivity index (χ1) is 9.63. The molecule has 1 aliphatic rings. The van der Waals surface area contributed by atoms with E-state index in [4.69, 9.17) is 5.73 Å². The first-order valence-electron chi connectivity index (χ1n) is 6.51. The molecule has 104 valence electrons. The van der Waals surface area contributed by atoms with E-state index in [9.17, 15) is 4.79 Å². The van der Waals surface area contributed by atoms with Crippen molar-refractivity contribution in [2.24, 2.45) is 5.73 Å². The monoisotopic (exact) mass is 272 g/mol. The Balaban J connectivity index is 1.74. The van der Waals surface area contributed by atoms with E-state index in [2.05, 4.69) is 20.0 Å². The van der Waals surface area contributed by atoms with Gasteiger partial charge in [-0.05, 0) is 13.3 Å². The smallest absolute Gasteiger partial charge is 0.251 e. The normalized spacial score (nSPS) is 18.4. The lowest BCUT2D eigenvalue weighted by Gasteiger charge is -2.17. The molecule has 20 heavy (non-hydrogen) atoms. The SMILES string of the molecule is Cc1cc(N2CCC(n3cc(C(N)=O)cn3)C2)ncn1. The number of aryl methyl sites for hydroxylation is 1. The molecule has 0 aliphatic carbocycles. The Hall–Kier alpha value is -2.44. The summed E-state index contributed by atoms with van der Waals surface area (Å²) >= 11 is 0. The highest BCUT2D eigenvalue weighted by Gasteiger charge is 2.25. The average molecular weight is 272 g/mol. The van der Waals surface area contributed by atoms with E-state index in [-0.39, 0.29) is 6.04 Å². The Morgan fingerprint density at radius 2 is 2.30 bits per heavy atom. The average Bonchev–Trinajstić information content (AvgIpc) is 3.08. The summed E-state index contributed by atoms with van der Waals surface area (Å²) in [6.07, 6.45) is 5.77. The van der Waals surface area contributed by atoms with Crippen molar-refractivity contribution < 1.29 is 4.79 Å². The van der Waals surface area contributed by atoms with Crippen LogP contribution in [0, 0.1) is 6.92 Å². The molecule has 1 amide bonds. The highest BCUT2D eigenvalue weighted by Crippen LogP contribution is 2.25. The third-order valence-corrected chi connectivity index (χ3v) is 3.54. The van der Waals surface area contributed by atoms with Crippen molar-refractivity contribution in [3.8, 4) is 0 Å². The minimum absolute atomic E-state index is 0.235. The van der Waals surface area contributed by atoms with Gasteiger partial charge in [0.15, 0.2) is 0 Å². The standard InChI is InChI=1S/C13H16N6O/c1-9-4-12(16-8-15-9)18-3-2-11(7-18)19-6-10(5-17-19)13(14)20/h4-6,8,11H,2-3,7H2,1H3,(H2,14,20). The summed E-state index contributed by atoms with van der Waals surface area (Å²) in [7, 11) is 0.